The molecular weight excluding hydrogens is 180 g/mol. The second kappa shape index (κ2) is 5.37. The van der Waals surface area contributed by atoms with Gasteiger partial charge in [0.25, 0.3) is 0 Å². The summed E-state index contributed by atoms with van der Waals surface area (Å²) in [5.74, 6) is 3.09. The molecule has 2 saturated carbocycles. The molecule has 0 saturated heterocycles. The molecule has 2 fully saturated rings. The van der Waals surface area contributed by atoms with Crippen LogP contribution in [0.1, 0.15) is 73.1 Å². The summed E-state index contributed by atoms with van der Waals surface area (Å²) >= 11 is 0. The summed E-state index contributed by atoms with van der Waals surface area (Å²) in [4.78, 5) is 0. The normalized spacial score (nSPS) is 44.2. The molecular formula is C15H30. The monoisotopic (exact) mass is 210 g/mol. The number of rotatable bonds is 1. The first-order valence-corrected chi connectivity index (χ1v) is 7.13. The molecule has 15 heavy (non-hydrogen) atoms. The van der Waals surface area contributed by atoms with Crippen LogP contribution in [0, 0.1) is 23.2 Å². The van der Waals surface area contributed by atoms with Crippen LogP contribution in [-0.2, 0) is 0 Å². The van der Waals surface area contributed by atoms with Crippen LogP contribution in [0.5, 0.6) is 0 Å². The van der Waals surface area contributed by atoms with Gasteiger partial charge in [-0.05, 0) is 55.3 Å². The van der Waals surface area contributed by atoms with E-state index in [9.17, 15) is 0 Å². The fourth-order valence-electron chi connectivity index (χ4n) is 4.34. The van der Waals surface area contributed by atoms with Gasteiger partial charge in [-0.3, -0.25) is 0 Å². The quantitative estimate of drug-likeness (QED) is 0.552. The predicted octanol–water partition coefficient (Wildman–Crippen LogP) is 5.28. The largest absolute Gasteiger partial charge is 0.0683 e. The first-order chi connectivity index (χ1) is 7.13. The first kappa shape index (κ1) is 13.1. The smallest absolute Gasteiger partial charge is 0.0292 e. The van der Waals surface area contributed by atoms with Gasteiger partial charge >= 0.3 is 0 Å². The molecule has 2 atom stereocenters. The lowest BCUT2D eigenvalue weighted by Gasteiger charge is -2.50. The molecule has 0 spiro atoms. The van der Waals surface area contributed by atoms with E-state index in [2.05, 4.69) is 20.8 Å². The standard InChI is InChI=1S/C13H24.C2H6/c1-4-13-7-10(2)5-12(9-13)6-11(3)8-13;1-2/h10-12H,4-9H2,1-3H3;1-2H3. The molecule has 2 unspecified atom stereocenters. The number of fused-ring (bicyclic) bond motifs is 2. The minimum Gasteiger partial charge on any atom is -0.0683 e. The van der Waals surface area contributed by atoms with E-state index in [-0.39, 0.29) is 0 Å². The van der Waals surface area contributed by atoms with E-state index in [1.165, 1.54) is 32.1 Å². The Labute approximate surface area is 96.8 Å². The Bertz CT molecular complexity index is 163. The van der Waals surface area contributed by atoms with Crippen LogP contribution in [0.4, 0.5) is 0 Å². The average molecular weight is 210 g/mol. The molecule has 0 aromatic carbocycles. The molecule has 0 N–H and O–H groups in total. The van der Waals surface area contributed by atoms with Gasteiger partial charge in [0.05, 0.1) is 0 Å². The fraction of sp³-hybridized carbons (Fsp3) is 1.00. The summed E-state index contributed by atoms with van der Waals surface area (Å²) < 4.78 is 0. The third kappa shape index (κ3) is 2.98. The Kier molecular flexibility index (Phi) is 4.67. The first-order valence-electron chi connectivity index (χ1n) is 7.13. The lowest BCUT2D eigenvalue weighted by Crippen LogP contribution is -2.38. The van der Waals surface area contributed by atoms with Crippen molar-refractivity contribution in [1.29, 1.82) is 0 Å². The molecule has 0 aliphatic heterocycles. The molecule has 0 amide bonds. The maximum Gasteiger partial charge on any atom is -0.0292 e. The van der Waals surface area contributed by atoms with Gasteiger partial charge in [0, 0.05) is 0 Å². The van der Waals surface area contributed by atoms with Gasteiger partial charge in [-0.25, -0.2) is 0 Å². The van der Waals surface area contributed by atoms with E-state index in [0.717, 1.165) is 23.2 Å². The second-order valence-corrected chi connectivity index (χ2v) is 6.01. The zero-order valence-corrected chi connectivity index (χ0v) is 11.5. The van der Waals surface area contributed by atoms with Crippen LogP contribution < -0.4 is 0 Å². The summed E-state index contributed by atoms with van der Waals surface area (Å²) in [6, 6.07) is 0. The van der Waals surface area contributed by atoms with Crippen LogP contribution in [0.25, 0.3) is 0 Å². The van der Waals surface area contributed by atoms with Crippen molar-refractivity contribution in [3.05, 3.63) is 0 Å². The van der Waals surface area contributed by atoms with Crippen LogP contribution >= 0.6 is 0 Å². The lowest BCUT2D eigenvalue weighted by molar-refractivity contribution is 0.0152. The predicted molar refractivity (Wildman–Crippen MR) is 69.0 cm³/mol. The van der Waals surface area contributed by atoms with Crippen molar-refractivity contribution < 1.29 is 0 Å². The molecule has 2 rings (SSSR count). The van der Waals surface area contributed by atoms with Gasteiger partial charge in [-0.2, -0.15) is 0 Å². The molecule has 0 aromatic rings. The molecule has 0 aromatic heterocycles. The average Bonchev–Trinajstić information content (AvgIpc) is 2.18. The highest BCUT2D eigenvalue weighted by Crippen LogP contribution is 2.54. The Morgan fingerprint density at radius 1 is 0.933 bits per heavy atom. The highest BCUT2D eigenvalue weighted by Gasteiger charge is 2.42. The number of hydrogen-bond donors (Lipinski definition) is 0. The van der Waals surface area contributed by atoms with E-state index in [4.69, 9.17) is 0 Å². The Balaban J connectivity index is 0.000000531. The van der Waals surface area contributed by atoms with Crippen molar-refractivity contribution >= 4 is 0 Å². The van der Waals surface area contributed by atoms with Gasteiger partial charge < -0.3 is 0 Å². The van der Waals surface area contributed by atoms with Crippen molar-refractivity contribution in [1.82, 2.24) is 0 Å². The van der Waals surface area contributed by atoms with E-state index in [0.29, 0.717) is 0 Å². The maximum absolute atomic E-state index is 2.46. The van der Waals surface area contributed by atoms with Gasteiger partial charge in [0.2, 0.25) is 0 Å². The molecule has 0 heteroatoms. The lowest BCUT2D eigenvalue weighted by atomic mass is 9.56. The van der Waals surface area contributed by atoms with Gasteiger partial charge in [0.15, 0.2) is 0 Å². The van der Waals surface area contributed by atoms with E-state index >= 15 is 0 Å². The minimum absolute atomic E-state index is 0.764. The molecule has 0 radical (unpaired) electrons. The van der Waals surface area contributed by atoms with Crippen LogP contribution in [0.3, 0.4) is 0 Å². The summed E-state index contributed by atoms with van der Waals surface area (Å²) in [6.07, 6.45) is 9.06. The van der Waals surface area contributed by atoms with Gasteiger partial charge in [-0.15, -0.1) is 0 Å². The van der Waals surface area contributed by atoms with Crippen molar-refractivity contribution in [3.63, 3.8) is 0 Å². The zero-order chi connectivity index (χ0) is 11.5. The van der Waals surface area contributed by atoms with E-state index < -0.39 is 0 Å². The topological polar surface area (TPSA) is 0 Å². The van der Waals surface area contributed by atoms with Crippen LogP contribution in [0.2, 0.25) is 0 Å². The van der Waals surface area contributed by atoms with Crippen molar-refractivity contribution in [2.45, 2.75) is 73.1 Å². The molecule has 2 aliphatic carbocycles. The summed E-state index contributed by atoms with van der Waals surface area (Å²) in [5, 5.41) is 0. The Morgan fingerprint density at radius 2 is 1.40 bits per heavy atom. The highest BCUT2D eigenvalue weighted by molar-refractivity contribution is 4.93. The van der Waals surface area contributed by atoms with Crippen molar-refractivity contribution in [3.8, 4) is 0 Å². The molecule has 90 valence electrons. The third-order valence-corrected chi connectivity index (χ3v) is 4.51. The molecule has 0 nitrogen and oxygen atoms in total. The Morgan fingerprint density at radius 3 is 1.80 bits per heavy atom. The second-order valence-electron chi connectivity index (χ2n) is 6.01. The van der Waals surface area contributed by atoms with Crippen LogP contribution in [-0.4, -0.2) is 0 Å². The third-order valence-electron chi connectivity index (χ3n) is 4.51. The minimum atomic E-state index is 0.764. The van der Waals surface area contributed by atoms with Crippen molar-refractivity contribution in [2.75, 3.05) is 0 Å². The molecule has 2 bridgehead atoms. The highest BCUT2D eigenvalue weighted by atomic mass is 14.5. The summed E-state index contributed by atoms with van der Waals surface area (Å²) in [7, 11) is 0. The van der Waals surface area contributed by atoms with Gasteiger partial charge in [-0.1, -0.05) is 41.0 Å². The van der Waals surface area contributed by atoms with Gasteiger partial charge in [0.1, 0.15) is 0 Å². The zero-order valence-electron chi connectivity index (χ0n) is 11.5. The van der Waals surface area contributed by atoms with Crippen molar-refractivity contribution in [2.24, 2.45) is 23.2 Å². The Hall–Kier alpha value is 0. The van der Waals surface area contributed by atoms with E-state index in [1.54, 1.807) is 6.42 Å². The maximum atomic E-state index is 2.46. The van der Waals surface area contributed by atoms with E-state index in [1.807, 2.05) is 13.8 Å². The summed E-state index contributed by atoms with van der Waals surface area (Å²) in [6.45, 7) is 11.3. The number of hydrogen-bond acceptors (Lipinski definition) is 0. The van der Waals surface area contributed by atoms with Crippen LogP contribution in [0.15, 0.2) is 0 Å². The SMILES string of the molecule is CC.CCC12CC(C)CC(CC(C)C1)C2. The molecule has 0 heterocycles. The fourth-order valence-corrected chi connectivity index (χ4v) is 4.34. The summed E-state index contributed by atoms with van der Waals surface area (Å²) in [5.41, 5.74) is 0.764. The molecule has 2 aliphatic rings.